The predicted molar refractivity (Wildman–Crippen MR) is 65.2 cm³/mol. The van der Waals surface area contributed by atoms with E-state index in [4.69, 9.17) is 20.4 Å². The summed E-state index contributed by atoms with van der Waals surface area (Å²) in [6.07, 6.45) is 0.850. The highest BCUT2D eigenvalue weighted by Gasteiger charge is 2.18. The first-order valence-electron chi connectivity index (χ1n) is 5.72. The van der Waals surface area contributed by atoms with Crippen molar-refractivity contribution in [3.05, 3.63) is 0 Å². The van der Waals surface area contributed by atoms with Crippen molar-refractivity contribution < 1.29 is 20.4 Å². The lowest BCUT2D eigenvalue weighted by Crippen LogP contribution is -2.24. The zero-order chi connectivity index (χ0) is 13.4. The molecule has 16 heavy (non-hydrogen) atoms. The van der Waals surface area contributed by atoms with Gasteiger partial charge in [0.15, 0.2) is 0 Å². The number of aliphatic hydroxyl groups excluding tert-OH is 3. The number of hydrogen-bond donors (Lipinski definition) is 4. The molecular weight excluding hydrogens is 208 g/mol. The lowest BCUT2D eigenvalue weighted by Gasteiger charge is -2.21. The quantitative estimate of drug-likeness (QED) is 0.572. The Labute approximate surface area is 98.9 Å². The van der Waals surface area contributed by atoms with E-state index in [2.05, 4.69) is 0 Å². The highest BCUT2D eigenvalue weighted by atomic mass is 16.3. The van der Waals surface area contributed by atoms with Gasteiger partial charge in [-0.05, 0) is 27.2 Å². The minimum Gasteiger partial charge on any atom is -0.396 e. The van der Waals surface area contributed by atoms with Crippen LogP contribution in [0.15, 0.2) is 0 Å². The molecule has 0 aromatic rings. The molecule has 1 unspecified atom stereocenters. The van der Waals surface area contributed by atoms with Crippen LogP contribution in [0.25, 0.3) is 0 Å². The summed E-state index contributed by atoms with van der Waals surface area (Å²) in [5.41, 5.74) is -0.992. The standard InChI is InChI=1S/2C6H14O2/c1-5(7)4-6(2,3)8;1-3-6(2,4-7)5-8/h5,7-8H,4H2,1-3H3;7-8H,3-5H2,1-2H3. The molecule has 0 spiro atoms. The lowest BCUT2D eigenvalue weighted by atomic mass is 9.90. The van der Waals surface area contributed by atoms with Crippen molar-refractivity contribution in [2.24, 2.45) is 5.41 Å². The third-order valence-electron chi connectivity index (χ3n) is 2.41. The Morgan fingerprint density at radius 1 is 1.06 bits per heavy atom. The summed E-state index contributed by atoms with van der Waals surface area (Å²) in [6.45, 7) is 8.97. The average molecular weight is 236 g/mol. The molecule has 0 amide bonds. The number of aliphatic hydroxyl groups is 4. The van der Waals surface area contributed by atoms with Gasteiger partial charge in [-0.1, -0.05) is 13.8 Å². The van der Waals surface area contributed by atoms with Crippen molar-refractivity contribution in [1.82, 2.24) is 0 Å². The van der Waals surface area contributed by atoms with E-state index in [1.54, 1.807) is 20.8 Å². The third kappa shape index (κ3) is 11.9. The van der Waals surface area contributed by atoms with Gasteiger partial charge in [0.1, 0.15) is 0 Å². The van der Waals surface area contributed by atoms with Crippen molar-refractivity contribution in [2.75, 3.05) is 13.2 Å². The molecule has 0 aromatic carbocycles. The minimum absolute atomic E-state index is 0.0694. The molecule has 0 rings (SSSR count). The second-order valence-electron chi connectivity index (χ2n) is 5.35. The zero-order valence-corrected chi connectivity index (χ0v) is 11.2. The van der Waals surface area contributed by atoms with E-state index in [-0.39, 0.29) is 18.6 Å². The number of hydrogen-bond acceptors (Lipinski definition) is 4. The topological polar surface area (TPSA) is 80.9 Å². The Kier molecular flexibility index (Phi) is 9.12. The van der Waals surface area contributed by atoms with E-state index in [1.807, 2.05) is 13.8 Å². The molecule has 0 fully saturated rings. The van der Waals surface area contributed by atoms with E-state index >= 15 is 0 Å². The predicted octanol–water partition coefficient (Wildman–Crippen LogP) is 0.915. The molecule has 4 heteroatoms. The van der Waals surface area contributed by atoms with Gasteiger partial charge in [-0.25, -0.2) is 0 Å². The molecular formula is C12H28O4. The molecule has 0 aliphatic carbocycles. The Morgan fingerprint density at radius 2 is 1.44 bits per heavy atom. The SMILES string of the molecule is CC(O)CC(C)(C)O.CCC(C)(CO)CO. The van der Waals surface area contributed by atoms with Crippen LogP contribution in [0.5, 0.6) is 0 Å². The Hall–Kier alpha value is -0.160. The van der Waals surface area contributed by atoms with Crippen LogP contribution >= 0.6 is 0 Å². The fraction of sp³-hybridized carbons (Fsp3) is 1.00. The summed E-state index contributed by atoms with van der Waals surface area (Å²) in [4.78, 5) is 0. The number of rotatable bonds is 5. The van der Waals surface area contributed by atoms with Crippen molar-refractivity contribution in [1.29, 1.82) is 0 Å². The van der Waals surface area contributed by atoms with Crippen LogP contribution in [0.2, 0.25) is 0 Å². The zero-order valence-electron chi connectivity index (χ0n) is 11.2. The molecule has 0 radical (unpaired) electrons. The Morgan fingerprint density at radius 3 is 1.44 bits per heavy atom. The summed E-state index contributed by atoms with van der Waals surface area (Å²) in [6, 6.07) is 0. The summed E-state index contributed by atoms with van der Waals surface area (Å²) < 4.78 is 0. The van der Waals surface area contributed by atoms with E-state index in [0.717, 1.165) is 6.42 Å². The Balaban J connectivity index is 0. The van der Waals surface area contributed by atoms with Gasteiger partial charge in [0.2, 0.25) is 0 Å². The molecule has 100 valence electrons. The molecule has 0 heterocycles. The maximum atomic E-state index is 9.03. The van der Waals surface area contributed by atoms with E-state index in [9.17, 15) is 0 Å². The molecule has 1 atom stereocenters. The van der Waals surface area contributed by atoms with Gasteiger partial charge in [-0.15, -0.1) is 0 Å². The van der Waals surface area contributed by atoms with E-state index in [1.165, 1.54) is 0 Å². The van der Waals surface area contributed by atoms with Gasteiger partial charge in [0.25, 0.3) is 0 Å². The molecule has 0 bridgehead atoms. The largest absolute Gasteiger partial charge is 0.396 e. The van der Waals surface area contributed by atoms with Crippen molar-refractivity contribution in [3.8, 4) is 0 Å². The molecule has 0 saturated carbocycles. The van der Waals surface area contributed by atoms with Gasteiger partial charge < -0.3 is 20.4 Å². The van der Waals surface area contributed by atoms with Gasteiger partial charge in [0.05, 0.1) is 24.9 Å². The van der Waals surface area contributed by atoms with Crippen LogP contribution < -0.4 is 0 Å². The van der Waals surface area contributed by atoms with Crippen LogP contribution in [0, 0.1) is 5.41 Å². The fourth-order valence-electron chi connectivity index (χ4n) is 0.997. The first kappa shape index (κ1) is 18.2. The van der Waals surface area contributed by atoms with Gasteiger partial charge >= 0.3 is 0 Å². The van der Waals surface area contributed by atoms with Crippen LogP contribution in [-0.2, 0) is 0 Å². The van der Waals surface area contributed by atoms with Crippen molar-refractivity contribution in [2.45, 2.75) is 59.2 Å². The third-order valence-corrected chi connectivity index (χ3v) is 2.41. The summed E-state index contributed by atoms with van der Waals surface area (Å²) in [7, 11) is 0. The highest BCUT2D eigenvalue weighted by Crippen LogP contribution is 2.17. The van der Waals surface area contributed by atoms with Crippen LogP contribution in [-0.4, -0.2) is 45.3 Å². The molecule has 0 saturated heterocycles. The second-order valence-corrected chi connectivity index (χ2v) is 5.35. The van der Waals surface area contributed by atoms with Gasteiger partial charge in [-0.2, -0.15) is 0 Å². The van der Waals surface area contributed by atoms with E-state index < -0.39 is 11.7 Å². The first-order valence-corrected chi connectivity index (χ1v) is 5.72. The minimum atomic E-state index is -0.728. The van der Waals surface area contributed by atoms with Crippen LogP contribution in [0.3, 0.4) is 0 Å². The summed E-state index contributed by atoms with van der Waals surface area (Å²) >= 11 is 0. The van der Waals surface area contributed by atoms with E-state index in [0.29, 0.717) is 6.42 Å². The van der Waals surface area contributed by atoms with Crippen LogP contribution in [0.4, 0.5) is 0 Å². The molecule has 0 aromatic heterocycles. The molecule has 0 aliphatic heterocycles. The van der Waals surface area contributed by atoms with Gasteiger partial charge in [-0.3, -0.25) is 0 Å². The normalized spacial score (nSPS) is 14.1. The smallest absolute Gasteiger partial charge is 0.0616 e. The molecule has 0 aliphatic rings. The molecule has 4 nitrogen and oxygen atoms in total. The monoisotopic (exact) mass is 236 g/mol. The first-order chi connectivity index (χ1) is 7.10. The second kappa shape index (κ2) is 8.01. The van der Waals surface area contributed by atoms with Gasteiger partial charge in [0, 0.05) is 11.8 Å². The summed E-state index contributed by atoms with van der Waals surface area (Å²) in [5, 5.41) is 35.0. The maximum Gasteiger partial charge on any atom is 0.0616 e. The molecule has 4 N–H and O–H groups in total. The maximum absolute atomic E-state index is 9.03. The lowest BCUT2D eigenvalue weighted by molar-refractivity contribution is 0.0249. The average Bonchev–Trinajstić information content (AvgIpc) is 2.14. The van der Waals surface area contributed by atoms with Crippen LogP contribution in [0.1, 0.15) is 47.5 Å². The fourth-order valence-corrected chi connectivity index (χ4v) is 0.997. The summed E-state index contributed by atoms with van der Waals surface area (Å²) in [5.74, 6) is 0. The van der Waals surface area contributed by atoms with Crippen molar-refractivity contribution >= 4 is 0 Å². The Bertz CT molecular complexity index is 149. The van der Waals surface area contributed by atoms with Crippen molar-refractivity contribution in [3.63, 3.8) is 0 Å². The highest BCUT2D eigenvalue weighted by molar-refractivity contribution is 4.68.